The zero-order chi connectivity index (χ0) is 18.4. The Balaban J connectivity index is 0. The van der Waals surface area contributed by atoms with Gasteiger partial charge in [-0.1, -0.05) is 0 Å². The standard InChI is InChI=1S/2C9H17NO2.2ClH/c2*1-9(8(11)12-2)5-3-7(10)4-6-9;;/h2*7H,3-6,10H2,1-2H3;2*1H. The van der Waals surface area contributed by atoms with Crippen LogP contribution in [-0.2, 0) is 19.1 Å². The predicted molar refractivity (Wildman–Crippen MR) is 108 cm³/mol. The molecule has 2 aliphatic carbocycles. The van der Waals surface area contributed by atoms with Gasteiger partial charge in [0.25, 0.3) is 0 Å². The lowest BCUT2D eigenvalue weighted by Gasteiger charge is -2.33. The van der Waals surface area contributed by atoms with E-state index in [2.05, 4.69) is 0 Å². The lowest BCUT2D eigenvalue weighted by molar-refractivity contribution is -0.154. The second-order valence-corrected chi connectivity index (χ2v) is 7.78. The van der Waals surface area contributed by atoms with Crippen molar-refractivity contribution in [2.75, 3.05) is 14.2 Å². The van der Waals surface area contributed by atoms with Crippen LogP contribution in [0.4, 0.5) is 0 Å². The Labute approximate surface area is 169 Å². The summed E-state index contributed by atoms with van der Waals surface area (Å²) in [5.41, 5.74) is 10.9. The van der Waals surface area contributed by atoms with Crippen LogP contribution in [0.1, 0.15) is 65.2 Å². The van der Waals surface area contributed by atoms with Crippen LogP contribution in [0.2, 0.25) is 0 Å². The monoisotopic (exact) mass is 414 g/mol. The number of esters is 2. The summed E-state index contributed by atoms with van der Waals surface area (Å²) >= 11 is 0. The van der Waals surface area contributed by atoms with E-state index in [-0.39, 0.29) is 59.7 Å². The molecule has 0 aromatic heterocycles. The summed E-state index contributed by atoms with van der Waals surface area (Å²) in [6.45, 7) is 3.93. The Hall–Kier alpha value is -0.560. The van der Waals surface area contributed by atoms with Crippen molar-refractivity contribution < 1.29 is 19.1 Å². The summed E-state index contributed by atoms with van der Waals surface area (Å²) in [4.78, 5) is 22.7. The first-order valence-electron chi connectivity index (χ1n) is 8.85. The van der Waals surface area contributed by atoms with Crippen molar-refractivity contribution in [3.63, 3.8) is 0 Å². The van der Waals surface area contributed by atoms with E-state index in [0.717, 1.165) is 51.4 Å². The molecule has 4 N–H and O–H groups in total. The lowest BCUT2D eigenvalue weighted by Crippen LogP contribution is -2.37. The molecular formula is C18H36Cl2N2O4. The molecule has 0 unspecified atom stereocenters. The van der Waals surface area contributed by atoms with Crippen molar-refractivity contribution in [2.45, 2.75) is 77.3 Å². The van der Waals surface area contributed by atoms with Gasteiger partial charge >= 0.3 is 11.9 Å². The maximum atomic E-state index is 11.3. The number of hydrogen-bond donors (Lipinski definition) is 2. The van der Waals surface area contributed by atoms with E-state index in [4.69, 9.17) is 20.9 Å². The van der Waals surface area contributed by atoms with E-state index < -0.39 is 0 Å². The molecule has 8 heteroatoms. The van der Waals surface area contributed by atoms with E-state index in [9.17, 15) is 9.59 Å². The molecular weight excluding hydrogens is 379 g/mol. The van der Waals surface area contributed by atoms with E-state index >= 15 is 0 Å². The molecule has 0 amide bonds. The van der Waals surface area contributed by atoms with Crippen LogP contribution in [0.25, 0.3) is 0 Å². The summed E-state index contributed by atoms with van der Waals surface area (Å²) in [5, 5.41) is 0. The number of carbonyl (C=O) groups is 2. The van der Waals surface area contributed by atoms with Crippen LogP contribution in [0.5, 0.6) is 0 Å². The Morgan fingerprint density at radius 1 is 0.731 bits per heavy atom. The van der Waals surface area contributed by atoms with Gasteiger partial charge in [-0.3, -0.25) is 9.59 Å². The minimum atomic E-state index is -0.273. The van der Waals surface area contributed by atoms with Gasteiger partial charge < -0.3 is 20.9 Å². The van der Waals surface area contributed by atoms with E-state index in [0.29, 0.717) is 0 Å². The minimum absolute atomic E-state index is 0. The summed E-state index contributed by atoms with van der Waals surface area (Å²) in [6.07, 6.45) is 7.19. The molecule has 0 saturated heterocycles. The number of ether oxygens (including phenoxy) is 2. The Morgan fingerprint density at radius 3 is 1.15 bits per heavy atom. The Bertz CT molecular complexity index is 393. The summed E-state index contributed by atoms with van der Waals surface area (Å²) < 4.78 is 9.50. The smallest absolute Gasteiger partial charge is 0.311 e. The Kier molecular flexibility index (Phi) is 12.8. The zero-order valence-corrected chi connectivity index (χ0v) is 18.0. The fourth-order valence-electron chi connectivity index (χ4n) is 3.46. The van der Waals surface area contributed by atoms with Crippen molar-refractivity contribution >= 4 is 36.8 Å². The first-order chi connectivity index (χ1) is 11.2. The molecule has 2 saturated carbocycles. The van der Waals surface area contributed by atoms with Gasteiger partial charge in [-0.15, -0.1) is 24.8 Å². The summed E-state index contributed by atoms with van der Waals surface area (Å²) in [6, 6.07) is 0.561. The number of hydrogen-bond acceptors (Lipinski definition) is 6. The highest BCUT2D eigenvalue weighted by Crippen LogP contribution is 2.37. The molecule has 0 aromatic carbocycles. The summed E-state index contributed by atoms with van der Waals surface area (Å²) in [5.74, 6) is -0.177. The van der Waals surface area contributed by atoms with Gasteiger partial charge in [0.05, 0.1) is 25.0 Å². The number of nitrogens with two attached hydrogens (primary N) is 2. The molecule has 0 aromatic rings. The third-order valence-electron chi connectivity index (χ3n) is 5.62. The molecule has 0 heterocycles. The largest absolute Gasteiger partial charge is 0.469 e. The van der Waals surface area contributed by atoms with Crippen molar-refractivity contribution in [1.82, 2.24) is 0 Å². The summed E-state index contributed by atoms with van der Waals surface area (Å²) in [7, 11) is 2.89. The quantitative estimate of drug-likeness (QED) is 0.672. The fraction of sp³-hybridized carbons (Fsp3) is 0.889. The number of rotatable bonds is 2. The molecule has 0 radical (unpaired) electrons. The topological polar surface area (TPSA) is 105 Å². The highest BCUT2D eigenvalue weighted by atomic mass is 35.5. The lowest BCUT2D eigenvalue weighted by atomic mass is 9.74. The van der Waals surface area contributed by atoms with Gasteiger partial charge in [-0.2, -0.15) is 0 Å². The molecule has 2 rings (SSSR count). The molecule has 156 valence electrons. The molecule has 0 spiro atoms. The first kappa shape index (κ1) is 27.7. The van der Waals surface area contributed by atoms with Crippen LogP contribution in [0.15, 0.2) is 0 Å². The van der Waals surface area contributed by atoms with Crippen LogP contribution in [-0.4, -0.2) is 38.2 Å². The van der Waals surface area contributed by atoms with Crippen LogP contribution in [0, 0.1) is 10.8 Å². The predicted octanol–water partition coefficient (Wildman–Crippen LogP) is 2.98. The van der Waals surface area contributed by atoms with Crippen molar-refractivity contribution in [1.29, 1.82) is 0 Å². The van der Waals surface area contributed by atoms with Gasteiger partial charge in [0, 0.05) is 12.1 Å². The minimum Gasteiger partial charge on any atom is -0.469 e. The van der Waals surface area contributed by atoms with E-state index in [1.54, 1.807) is 0 Å². The van der Waals surface area contributed by atoms with Crippen molar-refractivity contribution in [3.8, 4) is 0 Å². The van der Waals surface area contributed by atoms with Crippen molar-refractivity contribution in [2.24, 2.45) is 22.3 Å². The average molecular weight is 415 g/mol. The van der Waals surface area contributed by atoms with Gasteiger partial charge in [-0.25, -0.2) is 0 Å². The molecule has 0 aliphatic heterocycles. The van der Waals surface area contributed by atoms with Gasteiger partial charge in [0.1, 0.15) is 0 Å². The first-order valence-corrected chi connectivity index (χ1v) is 8.85. The fourth-order valence-corrected chi connectivity index (χ4v) is 3.46. The molecule has 26 heavy (non-hydrogen) atoms. The van der Waals surface area contributed by atoms with Crippen molar-refractivity contribution in [3.05, 3.63) is 0 Å². The van der Waals surface area contributed by atoms with Gasteiger partial charge in [0.15, 0.2) is 0 Å². The molecule has 2 fully saturated rings. The molecule has 0 atom stereocenters. The molecule has 2 aliphatic rings. The van der Waals surface area contributed by atoms with Gasteiger partial charge in [-0.05, 0) is 65.2 Å². The third-order valence-corrected chi connectivity index (χ3v) is 5.62. The number of halogens is 2. The van der Waals surface area contributed by atoms with Crippen LogP contribution in [0.3, 0.4) is 0 Å². The average Bonchev–Trinajstić information content (AvgIpc) is 2.59. The maximum Gasteiger partial charge on any atom is 0.311 e. The highest BCUT2D eigenvalue weighted by Gasteiger charge is 2.38. The number of methoxy groups -OCH3 is 2. The normalized spacial score (nSPS) is 33.3. The van der Waals surface area contributed by atoms with E-state index in [1.807, 2.05) is 13.8 Å². The number of carbonyl (C=O) groups excluding carboxylic acids is 2. The zero-order valence-electron chi connectivity index (χ0n) is 16.4. The van der Waals surface area contributed by atoms with Gasteiger partial charge in [0.2, 0.25) is 0 Å². The second-order valence-electron chi connectivity index (χ2n) is 7.78. The molecule has 0 bridgehead atoms. The molecule has 6 nitrogen and oxygen atoms in total. The van der Waals surface area contributed by atoms with E-state index in [1.165, 1.54) is 14.2 Å². The SMILES string of the molecule is COC(=O)C1(C)CCC(N)CC1.COC(=O)C1(C)CCC(N)CC1.Cl.Cl. The van der Waals surface area contributed by atoms with Crippen LogP contribution < -0.4 is 11.5 Å². The maximum absolute atomic E-state index is 11.3. The highest BCUT2D eigenvalue weighted by molar-refractivity contribution is 5.85. The third kappa shape index (κ3) is 7.59. The second kappa shape index (κ2) is 12.0. The Morgan fingerprint density at radius 2 is 0.962 bits per heavy atom. The van der Waals surface area contributed by atoms with Crippen LogP contribution >= 0.6 is 24.8 Å².